The molecular formula is C13H11ClN4. The molecule has 0 atom stereocenters. The third-order valence-corrected chi connectivity index (χ3v) is 2.89. The van der Waals surface area contributed by atoms with Gasteiger partial charge in [-0.2, -0.15) is 10.4 Å². The van der Waals surface area contributed by atoms with E-state index < -0.39 is 0 Å². The number of rotatable bonds is 2. The molecule has 1 aromatic carbocycles. The molecular weight excluding hydrogens is 248 g/mol. The SMILES string of the molecule is Cc1nnc(Nc2cccc(Cl)c2)c(C#N)c1C. The fraction of sp³-hybridized carbons (Fsp3) is 0.154. The van der Waals surface area contributed by atoms with Crippen LogP contribution in [-0.2, 0) is 0 Å². The molecule has 5 heteroatoms. The third kappa shape index (κ3) is 2.41. The Morgan fingerprint density at radius 1 is 1.28 bits per heavy atom. The smallest absolute Gasteiger partial charge is 0.171 e. The normalized spacial score (nSPS) is 9.89. The highest BCUT2D eigenvalue weighted by atomic mass is 35.5. The van der Waals surface area contributed by atoms with Gasteiger partial charge in [-0.05, 0) is 37.6 Å². The van der Waals surface area contributed by atoms with Gasteiger partial charge in [-0.3, -0.25) is 0 Å². The summed E-state index contributed by atoms with van der Waals surface area (Å²) in [5.41, 5.74) is 2.86. The third-order valence-electron chi connectivity index (χ3n) is 2.65. The zero-order chi connectivity index (χ0) is 13.1. The summed E-state index contributed by atoms with van der Waals surface area (Å²) < 4.78 is 0. The molecule has 0 saturated carbocycles. The van der Waals surface area contributed by atoms with Crippen LogP contribution in [0.15, 0.2) is 24.3 Å². The standard InChI is InChI=1S/C13H11ClN4/c1-8-9(2)17-18-13(12(8)7-15)16-11-5-3-4-10(14)6-11/h3-6H,1-2H3,(H,16,18). The van der Waals surface area contributed by atoms with Crippen LogP contribution in [0.25, 0.3) is 0 Å². The van der Waals surface area contributed by atoms with Gasteiger partial charge in [0.2, 0.25) is 0 Å². The van der Waals surface area contributed by atoms with Gasteiger partial charge in [0, 0.05) is 10.7 Å². The van der Waals surface area contributed by atoms with E-state index in [4.69, 9.17) is 11.6 Å². The second kappa shape index (κ2) is 5.03. The first kappa shape index (κ1) is 12.3. The molecule has 0 aliphatic carbocycles. The second-order valence-electron chi connectivity index (χ2n) is 3.88. The molecule has 2 rings (SSSR count). The van der Waals surface area contributed by atoms with Crippen molar-refractivity contribution in [1.29, 1.82) is 5.26 Å². The van der Waals surface area contributed by atoms with E-state index in [9.17, 15) is 5.26 Å². The van der Waals surface area contributed by atoms with Gasteiger partial charge < -0.3 is 5.32 Å². The summed E-state index contributed by atoms with van der Waals surface area (Å²) in [5, 5.41) is 20.9. The van der Waals surface area contributed by atoms with Crippen LogP contribution in [0.5, 0.6) is 0 Å². The van der Waals surface area contributed by atoms with E-state index in [1.807, 2.05) is 26.0 Å². The molecule has 0 radical (unpaired) electrons. The van der Waals surface area contributed by atoms with Crippen molar-refractivity contribution in [2.24, 2.45) is 0 Å². The highest BCUT2D eigenvalue weighted by Crippen LogP contribution is 2.23. The van der Waals surface area contributed by atoms with E-state index in [1.54, 1.807) is 12.1 Å². The van der Waals surface area contributed by atoms with Crippen molar-refractivity contribution in [3.63, 3.8) is 0 Å². The molecule has 1 N–H and O–H groups in total. The van der Waals surface area contributed by atoms with Crippen LogP contribution in [0.4, 0.5) is 11.5 Å². The lowest BCUT2D eigenvalue weighted by Gasteiger charge is -2.09. The number of halogens is 1. The van der Waals surface area contributed by atoms with Crippen LogP contribution in [-0.4, -0.2) is 10.2 Å². The number of hydrogen-bond donors (Lipinski definition) is 1. The summed E-state index contributed by atoms with van der Waals surface area (Å²) in [6.45, 7) is 3.68. The second-order valence-corrected chi connectivity index (χ2v) is 4.32. The van der Waals surface area contributed by atoms with Crippen molar-refractivity contribution in [3.8, 4) is 6.07 Å². The Morgan fingerprint density at radius 3 is 2.72 bits per heavy atom. The lowest BCUT2D eigenvalue weighted by atomic mass is 10.1. The molecule has 0 saturated heterocycles. The minimum absolute atomic E-state index is 0.447. The van der Waals surface area contributed by atoms with Crippen LogP contribution in [0.2, 0.25) is 5.02 Å². The van der Waals surface area contributed by atoms with Gasteiger partial charge in [0.05, 0.1) is 5.69 Å². The van der Waals surface area contributed by atoms with Gasteiger partial charge in [0.1, 0.15) is 11.6 Å². The number of nitrogens with zero attached hydrogens (tertiary/aromatic N) is 3. The molecule has 1 heterocycles. The Kier molecular flexibility index (Phi) is 3.45. The molecule has 0 amide bonds. The number of hydrogen-bond acceptors (Lipinski definition) is 4. The molecule has 2 aromatic rings. The fourth-order valence-electron chi connectivity index (χ4n) is 1.54. The van der Waals surface area contributed by atoms with Gasteiger partial charge in [-0.15, -0.1) is 5.10 Å². The quantitative estimate of drug-likeness (QED) is 0.897. The summed E-state index contributed by atoms with van der Waals surface area (Å²) in [6, 6.07) is 9.36. The van der Waals surface area contributed by atoms with Crippen molar-refractivity contribution in [3.05, 3.63) is 46.1 Å². The van der Waals surface area contributed by atoms with E-state index in [0.717, 1.165) is 16.9 Å². The fourth-order valence-corrected chi connectivity index (χ4v) is 1.73. The zero-order valence-corrected chi connectivity index (χ0v) is 10.8. The molecule has 0 bridgehead atoms. The molecule has 0 aliphatic rings. The summed E-state index contributed by atoms with van der Waals surface area (Å²) in [6.07, 6.45) is 0. The molecule has 18 heavy (non-hydrogen) atoms. The first-order valence-corrected chi connectivity index (χ1v) is 5.76. The molecule has 0 aliphatic heterocycles. The van der Waals surface area contributed by atoms with Crippen LogP contribution < -0.4 is 5.32 Å². The average Bonchev–Trinajstić information content (AvgIpc) is 2.34. The van der Waals surface area contributed by atoms with Gasteiger partial charge in [-0.1, -0.05) is 17.7 Å². The van der Waals surface area contributed by atoms with E-state index in [1.165, 1.54) is 0 Å². The van der Waals surface area contributed by atoms with Crippen LogP contribution in [0.3, 0.4) is 0 Å². The Morgan fingerprint density at radius 2 is 2.06 bits per heavy atom. The van der Waals surface area contributed by atoms with Gasteiger partial charge in [0.15, 0.2) is 5.82 Å². The van der Waals surface area contributed by atoms with Crippen molar-refractivity contribution < 1.29 is 0 Å². The predicted molar refractivity (Wildman–Crippen MR) is 71.0 cm³/mol. The minimum atomic E-state index is 0.447. The lowest BCUT2D eigenvalue weighted by Crippen LogP contribution is -2.03. The molecule has 1 aromatic heterocycles. The van der Waals surface area contributed by atoms with E-state index >= 15 is 0 Å². The maximum Gasteiger partial charge on any atom is 0.171 e. The van der Waals surface area contributed by atoms with E-state index in [0.29, 0.717) is 16.4 Å². The van der Waals surface area contributed by atoms with Crippen molar-refractivity contribution >= 4 is 23.1 Å². The molecule has 0 fully saturated rings. The van der Waals surface area contributed by atoms with Crippen LogP contribution in [0, 0.1) is 25.2 Å². The lowest BCUT2D eigenvalue weighted by molar-refractivity contribution is 0.960. The number of nitrogens with one attached hydrogen (secondary N) is 1. The monoisotopic (exact) mass is 258 g/mol. The maximum atomic E-state index is 9.17. The Balaban J connectivity index is 2.42. The highest BCUT2D eigenvalue weighted by molar-refractivity contribution is 6.30. The van der Waals surface area contributed by atoms with Crippen molar-refractivity contribution in [2.45, 2.75) is 13.8 Å². The van der Waals surface area contributed by atoms with Crippen LogP contribution in [0.1, 0.15) is 16.8 Å². The first-order valence-electron chi connectivity index (χ1n) is 5.38. The Bertz CT molecular complexity index is 631. The molecule has 4 nitrogen and oxygen atoms in total. The summed E-state index contributed by atoms with van der Waals surface area (Å²) >= 11 is 5.90. The number of nitriles is 1. The largest absolute Gasteiger partial charge is 0.338 e. The minimum Gasteiger partial charge on any atom is -0.338 e. The van der Waals surface area contributed by atoms with Crippen molar-refractivity contribution in [1.82, 2.24) is 10.2 Å². The van der Waals surface area contributed by atoms with E-state index in [2.05, 4.69) is 21.6 Å². The first-order chi connectivity index (χ1) is 8.61. The van der Waals surface area contributed by atoms with Crippen molar-refractivity contribution in [2.75, 3.05) is 5.32 Å². The summed E-state index contributed by atoms with van der Waals surface area (Å²) in [7, 11) is 0. The average molecular weight is 259 g/mol. The number of anilines is 2. The highest BCUT2D eigenvalue weighted by Gasteiger charge is 2.10. The molecule has 90 valence electrons. The van der Waals surface area contributed by atoms with Gasteiger partial charge in [0.25, 0.3) is 0 Å². The topological polar surface area (TPSA) is 61.6 Å². The summed E-state index contributed by atoms with van der Waals surface area (Å²) in [4.78, 5) is 0. The van der Waals surface area contributed by atoms with Gasteiger partial charge in [-0.25, -0.2) is 0 Å². The Labute approximate surface area is 110 Å². The molecule has 0 spiro atoms. The predicted octanol–water partition coefficient (Wildman–Crippen LogP) is 3.36. The van der Waals surface area contributed by atoms with Crippen LogP contribution >= 0.6 is 11.6 Å². The number of aromatic nitrogens is 2. The number of benzene rings is 1. The maximum absolute atomic E-state index is 9.17. The Hall–Kier alpha value is -2.12. The van der Waals surface area contributed by atoms with Gasteiger partial charge >= 0.3 is 0 Å². The zero-order valence-electron chi connectivity index (χ0n) is 10.0. The number of aryl methyl sites for hydroxylation is 1. The summed E-state index contributed by atoms with van der Waals surface area (Å²) in [5.74, 6) is 0.447. The molecule has 0 unspecified atom stereocenters. The van der Waals surface area contributed by atoms with E-state index in [-0.39, 0.29) is 0 Å².